The largest absolute Gasteiger partial charge is 0.378 e. The van der Waals surface area contributed by atoms with Crippen molar-refractivity contribution >= 4 is 0 Å². The van der Waals surface area contributed by atoms with Gasteiger partial charge in [-0.3, -0.25) is 0 Å². The first kappa shape index (κ1) is 9.01. The first-order valence-corrected chi connectivity index (χ1v) is 4.51. The van der Waals surface area contributed by atoms with Crippen molar-refractivity contribution in [1.29, 1.82) is 0 Å². The average Bonchev–Trinajstić information content (AvgIpc) is 1.85. The Labute approximate surface area is 69.3 Å². The van der Waals surface area contributed by atoms with Gasteiger partial charge in [-0.25, -0.2) is 0 Å². The van der Waals surface area contributed by atoms with Crippen molar-refractivity contribution in [2.45, 2.75) is 45.3 Å². The van der Waals surface area contributed by atoms with E-state index in [9.17, 15) is 0 Å². The van der Waals surface area contributed by atoms with Crippen molar-refractivity contribution < 1.29 is 4.74 Å². The fraction of sp³-hybridized carbons (Fsp3) is 1.00. The zero-order valence-electron chi connectivity index (χ0n) is 7.81. The summed E-state index contributed by atoms with van der Waals surface area (Å²) in [6.45, 7) is 8.48. The van der Waals surface area contributed by atoms with Gasteiger partial charge in [-0.05, 0) is 40.2 Å². The zero-order chi connectivity index (χ0) is 8.32. The Morgan fingerprint density at radius 1 is 1.55 bits per heavy atom. The van der Waals surface area contributed by atoms with Gasteiger partial charge in [0.15, 0.2) is 0 Å². The summed E-state index contributed by atoms with van der Waals surface area (Å²) < 4.78 is 5.58. The Morgan fingerprint density at radius 2 is 2.27 bits per heavy atom. The fourth-order valence-electron chi connectivity index (χ4n) is 1.69. The molecule has 1 fully saturated rings. The molecule has 1 saturated heterocycles. The third kappa shape index (κ3) is 2.80. The van der Waals surface area contributed by atoms with E-state index < -0.39 is 0 Å². The van der Waals surface area contributed by atoms with E-state index in [0.717, 1.165) is 26.0 Å². The van der Waals surface area contributed by atoms with E-state index in [1.807, 2.05) is 0 Å². The second-order valence-electron chi connectivity index (χ2n) is 3.88. The third-order valence-corrected chi connectivity index (χ3v) is 2.21. The summed E-state index contributed by atoms with van der Waals surface area (Å²) in [5.74, 6) is 0. The Kier molecular flexibility index (Phi) is 2.90. The smallest absolute Gasteiger partial charge is 0.0604 e. The summed E-state index contributed by atoms with van der Waals surface area (Å²) in [5.41, 5.74) is 0.276. The predicted molar refractivity (Wildman–Crippen MR) is 46.7 cm³/mol. The molecule has 0 saturated carbocycles. The predicted octanol–water partition coefficient (Wildman–Crippen LogP) is 1.55. The maximum Gasteiger partial charge on any atom is 0.0604 e. The lowest BCUT2D eigenvalue weighted by molar-refractivity contribution is 0.0159. The van der Waals surface area contributed by atoms with E-state index >= 15 is 0 Å². The number of nitrogens with one attached hydrogen (secondary N) is 1. The lowest BCUT2D eigenvalue weighted by Crippen LogP contribution is -2.48. The maximum absolute atomic E-state index is 5.58. The van der Waals surface area contributed by atoms with E-state index in [4.69, 9.17) is 4.74 Å². The monoisotopic (exact) mass is 157 g/mol. The number of piperidine rings is 1. The Balaban J connectivity index is 2.34. The quantitative estimate of drug-likeness (QED) is 0.656. The van der Waals surface area contributed by atoms with Crippen LogP contribution in [0, 0.1) is 0 Å². The molecule has 1 rings (SSSR count). The van der Waals surface area contributed by atoms with Gasteiger partial charge in [-0.2, -0.15) is 0 Å². The summed E-state index contributed by atoms with van der Waals surface area (Å²) in [6.07, 6.45) is 2.79. The van der Waals surface area contributed by atoms with Crippen LogP contribution in [0.15, 0.2) is 0 Å². The van der Waals surface area contributed by atoms with Gasteiger partial charge in [0, 0.05) is 12.1 Å². The molecular weight excluding hydrogens is 138 g/mol. The highest BCUT2D eigenvalue weighted by Crippen LogP contribution is 2.20. The molecule has 66 valence electrons. The molecule has 11 heavy (non-hydrogen) atoms. The lowest BCUT2D eigenvalue weighted by Gasteiger charge is -2.36. The molecule has 0 aromatic rings. The Morgan fingerprint density at radius 3 is 2.82 bits per heavy atom. The van der Waals surface area contributed by atoms with E-state index in [0.29, 0.717) is 6.10 Å². The molecule has 1 heterocycles. The molecule has 0 amide bonds. The molecule has 1 aliphatic heterocycles. The summed E-state index contributed by atoms with van der Waals surface area (Å²) >= 11 is 0. The molecule has 1 N–H and O–H groups in total. The first-order valence-electron chi connectivity index (χ1n) is 4.51. The van der Waals surface area contributed by atoms with Crippen molar-refractivity contribution in [2.24, 2.45) is 0 Å². The minimum Gasteiger partial charge on any atom is -0.378 e. The molecule has 0 aliphatic carbocycles. The average molecular weight is 157 g/mol. The van der Waals surface area contributed by atoms with Crippen LogP contribution in [-0.2, 0) is 4.74 Å². The number of hydrogen-bond donors (Lipinski definition) is 1. The number of ether oxygens (including phenoxy) is 1. The minimum absolute atomic E-state index is 0.276. The van der Waals surface area contributed by atoms with Crippen LogP contribution in [0.5, 0.6) is 0 Å². The van der Waals surface area contributed by atoms with Gasteiger partial charge >= 0.3 is 0 Å². The molecule has 0 aromatic heterocycles. The van der Waals surface area contributed by atoms with E-state index in [2.05, 4.69) is 26.1 Å². The second-order valence-corrected chi connectivity index (χ2v) is 3.88. The summed E-state index contributed by atoms with van der Waals surface area (Å²) in [4.78, 5) is 0. The van der Waals surface area contributed by atoms with Gasteiger partial charge in [0.25, 0.3) is 0 Å². The molecular formula is C9H19NO. The van der Waals surface area contributed by atoms with Gasteiger partial charge < -0.3 is 10.1 Å². The summed E-state index contributed by atoms with van der Waals surface area (Å²) in [6, 6.07) is 0. The van der Waals surface area contributed by atoms with Crippen LogP contribution in [0.3, 0.4) is 0 Å². The van der Waals surface area contributed by atoms with Crippen molar-refractivity contribution in [1.82, 2.24) is 5.32 Å². The molecule has 0 spiro atoms. The van der Waals surface area contributed by atoms with E-state index in [1.54, 1.807) is 0 Å². The van der Waals surface area contributed by atoms with Crippen LogP contribution in [0.4, 0.5) is 0 Å². The standard InChI is InChI=1S/C9H19NO/c1-4-11-8-5-6-10-9(2,3)7-8/h8,10H,4-7H2,1-3H3. The summed E-state index contributed by atoms with van der Waals surface area (Å²) in [7, 11) is 0. The Bertz CT molecular complexity index is 121. The van der Waals surface area contributed by atoms with Gasteiger partial charge in [-0.15, -0.1) is 0 Å². The lowest BCUT2D eigenvalue weighted by atomic mass is 9.91. The van der Waals surface area contributed by atoms with Crippen LogP contribution < -0.4 is 5.32 Å². The van der Waals surface area contributed by atoms with Gasteiger partial charge in [0.2, 0.25) is 0 Å². The number of hydrogen-bond acceptors (Lipinski definition) is 2. The van der Waals surface area contributed by atoms with Crippen molar-refractivity contribution in [2.75, 3.05) is 13.2 Å². The van der Waals surface area contributed by atoms with Crippen molar-refractivity contribution in [3.05, 3.63) is 0 Å². The van der Waals surface area contributed by atoms with Crippen molar-refractivity contribution in [3.8, 4) is 0 Å². The molecule has 0 radical (unpaired) electrons. The topological polar surface area (TPSA) is 21.3 Å². The summed E-state index contributed by atoms with van der Waals surface area (Å²) in [5, 5.41) is 3.47. The van der Waals surface area contributed by atoms with Crippen molar-refractivity contribution in [3.63, 3.8) is 0 Å². The highest BCUT2D eigenvalue weighted by atomic mass is 16.5. The van der Waals surface area contributed by atoms with Gasteiger partial charge in [0.05, 0.1) is 6.10 Å². The van der Waals surface area contributed by atoms with Crippen LogP contribution in [-0.4, -0.2) is 24.8 Å². The van der Waals surface area contributed by atoms with Crippen LogP contribution >= 0.6 is 0 Å². The molecule has 1 atom stereocenters. The second kappa shape index (κ2) is 3.55. The molecule has 2 nitrogen and oxygen atoms in total. The minimum atomic E-state index is 0.276. The molecule has 0 aromatic carbocycles. The molecule has 2 heteroatoms. The SMILES string of the molecule is CCOC1CCNC(C)(C)C1. The Hall–Kier alpha value is -0.0800. The van der Waals surface area contributed by atoms with Gasteiger partial charge in [-0.1, -0.05) is 0 Å². The van der Waals surface area contributed by atoms with E-state index in [-0.39, 0.29) is 5.54 Å². The molecule has 1 aliphatic rings. The molecule has 0 bridgehead atoms. The highest BCUT2D eigenvalue weighted by Gasteiger charge is 2.27. The van der Waals surface area contributed by atoms with E-state index in [1.165, 1.54) is 0 Å². The van der Waals surface area contributed by atoms with Crippen LogP contribution in [0.25, 0.3) is 0 Å². The zero-order valence-corrected chi connectivity index (χ0v) is 7.81. The van der Waals surface area contributed by atoms with Gasteiger partial charge in [0.1, 0.15) is 0 Å². The highest BCUT2D eigenvalue weighted by molar-refractivity contribution is 4.86. The number of rotatable bonds is 2. The van der Waals surface area contributed by atoms with Crippen LogP contribution in [0.2, 0.25) is 0 Å². The van der Waals surface area contributed by atoms with Crippen LogP contribution in [0.1, 0.15) is 33.6 Å². The normalized spacial score (nSPS) is 30.3. The molecule has 1 unspecified atom stereocenters. The maximum atomic E-state index is 5.58. The fourth-order valence-corrected chi connectivity index (χ4v) is 1.69. The first-order chi connectivity index (χ1) is 5.14. The third-order valence-electron chi connectivity index (χ3n) is 2.21.